The normalized spacial score (nSPS) is 12.2. The maximum atomic E-state index is 15.1. The molecule has 2 amide bonds. The van der Waals surface area contributed by atoms with Crippen molar-refractivity contribution in [2.24, 2.45) is 0 Å². The summed E-state index contributed by atoms with van der Waals surface area (Å²) in [5, 5.41) is 2.96. The Bertz CT molecular complexity index is 1740. The van der Waals surface area contributed by atoms with Crippen LogP contribution in [0.25, 0.3) is 0 Å². The highest BCUT2D eigenvalue weighted by Crippen LogP contribution is 2.27. The summed E-state index contributed by atoms with van der Waals surface area (Å²) in [6.45, 7) is 6.45. The lowest BCUT2D eigenvalue weighted by Crippen LogP contribution is -2.56. The van der Waals surface area contributed by atoms with E-state index in [2.05, 4.69) is 5.32 Å². The lowest BCUT2D eigenvalue weighted by molar-refractivity contribution is -0.140. The van der Waals surface area contributed by atoms with Crippen LogP contribution in [-0.4, -0.2) is 50.4 Å². The Balaban J connectivity index is 1.82. The molecule has 8 nitrogen and oxygen atoms in total. The molecule has 0 saturated carbocycles. The van der Waals surface area contributed by atoms with Crippen LogP contribution in [0.5, 0.6) is 5.75 Å². The molecule has 242 valence electrons. The van der Waals surface area contributed by atoms with E-state index < -0.39 is 45.8 Å². The summed E-state index contributed by atoms with van der Waals surface area (Å²) in [5.74, 6) is -1.19. The number of hydrogen-bond acceptors (Lipinski definition) is 5. The fraction of sp³-hybridized carbons (Fsp3) is 0.278. The van der Waals surface area contributed by atoms with Crippen molar-refractivity contribution in [3.8, 4) is 5.75 Å². The van der Waals surface area contributed by atoms with Gasteiger partial charge in [0.25, 0.3) is 10.0 Å². The van der Waals surface area contributed by atoms with Gasteiger partial charge in [-0.05, 0) is 75.7 Å². The number of carbonyl (C=O) groups is 2. The van der Waals surface area contributed by atoms with Gasteiger partial charge in [-0.3, -0.25) is 13.9 Å². The van der Waals surface area contributed by atoms with Gasteiger partial charge in [0.1, 0.15) is 24.2 Å². The number of rotatable bonds is 12. The van der Waals surface area contributed by atoms with Crippen molar-refractivity contribution in [3.63, 3.8) is 0 Å². The highest BCUT2D eigenvalue weighted by Gasteiger charge is 2.36. The predicted molar refractivity (Wildman–Crippen MR) is 177 cm³/mol. The van der Waals surface area contributed by atoms with Crippen LogP contribution in [0, 0.1) is 12.7 Å². The Kier molecular flexibility index (Phi) is 10.8. The zero-order valence-corrected chi connectivity index (χ0v) is 27.6. The number of nitrogens with one attached hydrogen (secondary N) is 1. The molecule has 4 aromatic carbocycles. The first-order valence-corrected chi connectivity index (χ1v) is 16.3. The first kappa shape index (κ1) is 34.2. The van der Waals surface area contributed by atoms with Gasteiger partial charge < -0.3 is 15.0 Å². The molecule has 0 bridgehead atoms. The monoisotopic (exact) mass is 645 g/mol. The number of methoxy groups -OCH3 is 1. The minimum atomic E-state index is -4.28. The van der Waals surface area contributed by atoms with Crippen molar-refractivity contribution < 1.29 is 27.1 Å². The third-order valence-corrected chi connectivity index (χ3v) is 9.10. The largest absolute Gasteiger partial charge is 0.497 e. The lowest BCUT2D eigenvalue weighted by Gasteiger charge is -2.35. The Hall–Kier alpha value is -4.70. The van der Waals surface area contributed by atoms with E-state index in [4.69, 9.17) is 4.74 Å². The molecule has 0 aromatic heterocycles. The number of amides is 2. The third kappa shape index (κ3) is 8.72. The first-order valence-electron chi connectivity index (χ1n) is 14.9. The van der Waals surface area contributed by atoms with Gasteiger partial charge in [0.2, 0.25) is 11.8 Å². The molecule has 0 aliphatic heterocycles. The average molecular weight is 646 g/mol. The molecule has 4 rings (SSSR count). The Morgan fingerprint density at radius 1 is 0.870 bits per heavy atom. The lowest BCUT2D eigenvalue weighted by atomic mass is 10.0. The number of hydrogen-bond donors (Lipinski definition) is 1. The van der Waals surface area contributed by atoms with E-state index in [1.807, 2.05) is 58.0 Å². The van der Waals surface area contributed by atoms with Crippen molar-refractivity contribution in [2.75, 3.05) is 18.0 Å². The van der Waals surface area contributed by atoms with Crippen molar-refractivity contribution in [1.29, 1.82) is 0 Å². The minimum absolute atomic E-state index is 0.0476. The highest BCUT2D eigenvalue weighted by atomic mass is 32.2. The van der Waals surface area contributed by atoms with E-state index >= 15 is 4.39 Å². The second-order valence-electron chi connectivity index (χ2n) is 12.1. The fourth-order valence-corrected chi connectivity index (χ4v) is 6.35. The van der Waals surface area contributed by atoms with Gasteiger partial charge in [0.05, 0.1) is 17.7 Å². The zero-order valence-electron chi connectivity index (χ0n) is 26.7. The fourth-order valence-electron chi connectivity index (χ4n) is 4.93. The van der Waals surface area contributed by atoms with E-state index in [-0.39, 0.29) is 29.1 Å². The third-order valence-electron chi connectivity index (χ3n) is 7.32. The summed E-state index contributed by atoms with van der Waals surface area (Å²) in [6.07, 6.45) is 0.124. The van der Waals surface area contributed by atoms with E-state index in [9.17, 15) is 18.0 Å². The maximum absolute atomic E-state index is 15.1. The summed E-state index contributed by atoms with van der Waals surface area (Å²) in [4.78, 5) is 29.6. The zero-order chi connectivity index (χ0) is 33.5. The quantitative estimate of drug-likeness (QED) is 0.207. The van der Waals surface area contributed by atoms with Gasteiger partial charge in [0, 0.05) is 24.1 Å². The standard InChI is InChI=1S/C36H40FN3O5S/c1-26-15-17-29(18-16-26)40(46(43,44)31-21-19-30(45-5)20-22-31)25-34(41)39(24-28-13-9-10-14-32(28)37)33(35(42)38-36(2,3)4)23-27-11-7-6-8-12-27/h6-22,33H,23-25H2,1-5H3,(H,38,42). The minimum Gasteiger partial charge on any atom is -0.497 e. The number of anilines is 1. The summed E-state index contributed by atoms with van der Waals surface area (Å²) < 4.78 is 49.6. The molecule has 10 heteroatoms. The van der Waals surface area contributed by atoms with Crippen molar-refractivity contribution in [3.05, 3.63) is 126 Å². The van der Waals surface area contributed by atoms with Crippen LogP contribution >= 0.6 is 0 Å². The summed E-state index contributed by atoms with van der Waals surface area (Å²) in [6, 6.07) is 26.7. The van der Waals surface area contributed by atoms with E-state index in [1.54, 1.807) is 42.5 Å². The first-order chi connectivity index (χ1) is 21.8. The van der Waals surface area contributed by atoms with Gasteiger partial charge in [-0.2, -0.15) is 0 Å². The van der Waals surface area contributed by atoms with Gasteiger partial charge in [0.15, 0.2) is 0 Å². The number of benzene rings is 4. The van der Waals surface area contributed by atoms with Crippen LogP contribution in [0.1, 0.15) is 37.5 Å². The van der Waals surface area contributed by atoms with Gasteiger partial charge >= 0.3 is 0 Å². The molecular weight excluding hydrogens is 605 g/mol. The van der Waals surface area contributed by atoms with Crippen molar-refractivity contribution >= 4 is 27.5 Å². The van der Waals surface area contributed by atoms with E-state index in [1.165, 1.54) is 42.3 Å². The van der Waals surface area contributed by atoms with Crippen molar-refractivity contribution in [2.45, 2.75) is 57.1 Å². The molecule has 1 atom stereocenters. The smallest absolute Gasteiger partial charge is 0.264 e. The maximum Gasteiger partial charge on any atom is 0.264 e. The SMILES string of the molecule is COc1ccc(S(=O)(=O)N(CC(=O)N(Cc2ccccc2F)C(Cc2ccccc2)C(=O)NC(C)(C)C)c2ccc(C)cc2)cc1. The topological polar surface area (TPSA) is 96.0 Å². The van der Waals surface area contributed by atoms with Crippen LogP contribution in [0.4, 0.5) is 10.1 Å². The number of halogens is 1. The van der Waals surface area contributed by atoms with Crippen LogP contribution in [0.3, 0.4) is 0 Å². The Morgan fingerprint density at radius 3 is 2.07 bits per heavy atom. The molecule has 46 heavy (non-hydrogen) atoms. The van der Waals surface area contributed by atoms with E-state index in [0.717, 1.165) is 15.4 Å². The number of carbonyl (C=O) groups excluding carboxylic acids is 2. The Morgan fingerprint density at radius 2 is 1.48 bits per heavy atom. The highest BCUT2D eigenvalue weighted by molar-refractivity contribution is 7.92. The second kappa shape index (κ2) is 14.6. The molecule has 0 heterocycles. The van der Waals surface area contributed by atoms with Gasteiger partial charge in [-0.15, -0.1) is 0 Å². The molecule has 0 aliphatic carbocycles. The molecule has 0 aliphatic rings. The van der Waals surface area contributed by atoms with Gasteiger partial charge in [-0.1, -0.05) is 66.2 Å². The van der Waals surface area contributed by atoms with E-state index in [0.29, 0.717) is 5.75 Å². The molecule has 4 aromatic rings. The van der Waals surface area contributed by atoms with Crippen molar-refractivity contribution in [1.82, 2.24) is 10.2 Å². The number of sulfonamides is 1. The van der Waals surface area contributed by atoms with Crippen LogP contribution in [0.2, 0.25) is 0 Å². The molecule has 1 N–H and O–H groups in total. The van der Waals surface area contributed by atoms with Gasteiger partial charge in [-0.25, -0.2) is 12.8 Å². The molecule has 0 spiro atoms. The molecule has 0 fully saturated rings. The molecule has 0 saturated heterocycles. The Labute approximate surface area is 270 Å². The second-order valence-corrected chi connectivity index (χ2v) is 13.9. The number of aryl methyl sites for hydroxylation is 1. The number of ether oxygens (including phenoxy) is 1. The molecule has 0 radical (unpaired) electrons. The van der Waals surface area contributed by atoms with Crippen LogP contribution in [0.15, 0.2) is 108 Å². The summed E-state index contributed by atoms with van der Waals surface area (Å²) in [7, 11) is -2.80. The summed E-state index contributed by atoms with van der Waals surface area (Å²) in [5.41, 5.74) is 1.50. The van der Waals surface area contributed by atoms with Crippen LogP contribution < -0.4 is 14.4 Å². The average Bonchev–Trinajstić information content (AvgIpc) is 3.02. The van der Waals surface area contributed by atoms with Crippen LogP contribution in [-0.2, 0) is 32.6 Å². The summed E-state index contributed by atoms with van der Waals surface area (Å²) >= 11 is 0. The molecule has 1 unspecified atom stereocenters. The number of nitrogens with zero attached hydrogens (tertiary/aromatic N) is 2. The predicted octanol–water partition coefficient (Wildman–Crippen LogP) is 5.89. The molecular formula is C36H40FN3O5S.